The molecule has 0 N–H and O–H groups in total. The molecule has 0 amide bonds. The molecule has 0 aliphatic carbocycles. The molecule has 0 spiro atoms. The summed E-state index contributed by atoms with van der Waals surface area (Å²) in [4.78, 5) is 1.31. The smallest absolute Gasteiger partial charge is 0.255 e. The van der Waals surface area contributed by atoms with Gasteiger partial charge >= 0.3 is 0 Å². The first kappa shape index (κ1) is 11.7. The number of hydrogen-bond donors (Lipinski definition) is 0. The van der Waals surface area contributed by atoms with E-state index in [-0.39, 0.29) is 0 Å². The number of anilines is 1. The molecule has 1 aromatic carbocycles. The molecule has 0 aliphatic rings. The van der Waals surface area contributed by atoms with Crippen molar-refractivity contribution in [1.82, 2.24) is 0 Å². The van der Waals surface area contributed by atoms with Crippen molar-refractivity contribution in [2.75, 3.05) is 18.5 Å². The standard InChI is InChI=1S/C10H9ClF2N2/c1-15(6-10(12)13)9-4-8(11)3-2-7(9)5-14/h2-4,10H,6H2,1H3. The topological polar surface area (TPSA) is 27.0 Å². The molecule has 0 fully saturated rings. The van der Waals surface area contributed by atoms with Gasteiger partial charge in [0.25, 0.3) is 6.43 Å². The van der Waals surface area contributed by atoms with Crippen LogP contribution in [0.25, 0.3) is 0 Å². The SMILES string of the molecule is CN(CC(F)F)c1cc(Cl)ccc1C#N. The molecule has 1 rings (SSSR count). The highest BCUT2D eigenvalue weighted by Gasteiger charge is 2.12. The van der Waals surface area contributed by atoms with Crippen molar-refractivity contribution in [3.63, 3.8) is 0 Å². The third kappa shape index (κ3) is 3.07. The van der Waals surface area contributed by atoms with E-state index in [1.807, 2.05) is 6.07 Å². The summed E-state index contributed by atoms with van der Waals surface area (Å²) in [6, 6.07) is 6.50. The minimum atomic E-state index is -2.44. The van der Waals surface area contributed by atoms with Crippen molar-refractivity contribution in [3.8, 4) is 6.07 Å². The van der Waals surface area contributed by atoms with Gasteiger partial charge in [-0.25, -0.2) is 8.78 Å². The van der Waals surface area contributed by atoms with Gasteiger partial charge in [-0.3, -0.25) is 0 Å². The van der Waals surface area contributed by atoms with Crippen LogP contribution in [-0.2, 0) is 0 Å². The lowest BCUT2D eigenvalue weighted by Crippen LogP contribution is -2.24. The molecule has 0 bridgehead atoms. The minimum Gasteiger partial charge on any atom is -0.368 e. The first-order valence-electron chi connectivity index (χ1n) is 4.23. The Hall–Kier alpha value is -1.34. The Labute approximate surface area is 91.7 Å². The van der Waals surface area contributed by atoms with Gasteiger partial charge in [0, 0.05) is 12.1 Å². The van der Waals surface area contributed by atoms with E-state index in [4.69, 9.17) is 16.9 Å². The maximum atomic E-state index is 12.1. The van der Waals surface area contributed by atoms with Gasteiger partial charge in [0.15, 0.2) is 0 Å². The number of alkyl halides is 2. The highest BCUT2D eigenvalue weighted by molar-refractivity contribution is 6.30. The number of nitrogens with zero attached hydrogens (tertiary/aromatic N) is 2. The number of nitriles is 1. The van der Waals surface area contributed by atoms with Crippen LogP contribution in [-0.4, -0.2) is 20.0 Å². The zero-order valence-electron chi connectivity index (χ0n) is 8.04. The van der Waals surface area contributed by atoms with Crippen LogP contribution in [0.3, 0.4) is 0 Å². The van der Waals surface area contributed by atoms with Gasteiger partial charge in [-0.15, -0.1) is 0 Å². The molecule has 0 atom stereocenters. The van der Waals surface area contributed by atoms with Gasteiger partial charge in [0.05, 0.1) is 17.8 Å². The molecule has 0 saturated heterocycles. The Bertz CT molecular complexity index is 387. The number of benzene rings is 1. The first-order chi connectivity index (χ1) is 7.04. The molecule has 15 heavy (non-hydrogen) atoms. The molecule has 80 valence electrons. The summed E-state index contributed by atoms with van der Waals surface area (Å²) in [6.07, 6.45) is -2.44. The summed E-state index contributed by atoms with van der Waals surface area (Å²) >= 11 is 5.73. The highest BCUT2D eigenvalue weighted by Crippen LogP contribution is 2.23. The molecule has 0 saturated carbocycles. The third-order valence-electron chi connectivity index (χ3n) is 1.90. The molecular weight excluding hydrogens is 222 g/mol. The van der Waals surface area contributed by atoms with E-state index in [0.29, 0.717) is 16.3 Å². The van der Waals surface area contributed by atoms with Gasteiger partial charge in [0.1, 0.15) is 6.07 Å². The molecule has 2 nitrogen and oxygen atoms in total. The quantitative estimate of drug-likeness (QED) is 0.798. The van der Waals surface area contributed by atoms with E-state index in [1.54, 1.807) is 6.07 Å². The van der Waals surface area contributed by atoms with E-state index >= 15 is 0 Å². The van der Waals surface area contributed by atoms with Crippen molar-refractivity contribution < 1.29 is 8.78 Å². The predicted molar refractivity (Wildman–Crippen MR) is 55.4 cm³/mol. The van der Waals surface area contributed by atoms with Crippen molar-refractivity contribution in [3.05, 3.63) is 28.8 Å². The van der Waals surface area contributed by atoms with Crippen LogP contribution in [0.1, 0.15) is 5.56 Å². The maximum absolute atomic E-state index is 12.1. The predicted octanol–water partition coefficient (Wildman–Crippen LogP) is 2.91. The largest absolute Gasteiger partial charge is 0.368 e. The minimum absolute atomic E-state index is 0.336. The molecule has 0 unspecified atom stereocenters. The second-order valence-electron chi connectivity index (χ2n) is 3.04. The van der Waals surface area contributed by atoms with Gasteiger partial charge in [-0.1, -0.05) is 11.6 Å². The number of rotatable bonds is 3. The van der Waals surface area contributed by atoms with E-state index in [1.165, 1.54) is 24.1 Å². The van der Waals surface area contributed by atoms with Crippen LogP contribution in [0.4, 0.5) is 14.5 Å². The van der Waals surface area contributed by atoms with E-state index < -0.39 is 13.0 Å². The molecule has 1 aromatic rings. The molecule has 0 heterocycles. The highest BCUT2D eigenvalue weighted by atomic mass is 35.5. The zero-order valence-corrected chi connectivity index (χ0v) is 8.80. The van der Waals surface area contributed by atoms with Gasteiger partial charge < -0.3 is 4.90 Å². The van der Waals surface area contributed by atoms with E-state index in [0.717, 1.165) is 0 Å². The third-order valence-corrected chi connectivity index (χ3v) is 2.14. The van der Waals surface area contributed by atoms with Crippen LogP contribution in [0.5, 0.6) is 0 Å². The van der Waals surface area contributed by atoms with Crippen molar-refractivity contribution >= 4 is 17.3 Å². The lowest BCUT2D eigenvalue weighted by atomic mass is 10.2. The second-order valence-corrected chi connectivity index (χ2v) is 3.48. The van der Waals surface area contributed by atoms with Crippen LogP contribution < -0.4 is 4.90 Å². The Kier molecular flexibility index (Phi) is 3.87. The molecular formula is C10H9ClF2N2. The Morgan fingerprint density at radius 1 is 1.53 bits per heavy atom. The average molecular weight is 231 g/mol. The first-order valence-corrected chi connectivity index (χ1v) is 4.61. The molecule has 5 heteroatoms. The number of hydrogen-bond acceptors (Lipinski definition) is 2. The Balaban J connectivity index is 3.01. The average Bonchev–Trinajstić information content (AvgIpc) is 2.16. The van der Waals surface area contributed by atoms with Crippen molar-refractivity contribution in [1.29, 1.82) is 5.26 Å². The van der Waals surface area contributed by atoms with Gasteiger partial charge in [-0.05, 0) is 18.2 Å². The van der Waals surface area contributed by atoms with Crippen molar-refractivity contribution in [2.45, 2.75) is 6.43 Å². The summed E-state index contributed by atoms with van der Waals surface area (Å²) in [5, 5.41) is 9.21. The van der Waals surface area contributed by atoms with Crippen LogP contribution in [0.15, 0.2) is 18.2 Å². The van der Waals surface area contributed by atoms with Crippen LogP contribution in [0, 0.1) is 11.3 Å². The summed E-state index contributed by atoms with van der Waals surface area (Å²) in [7, 11) is 1.50. The fourth-order valence-electron chi connectivity index (χ4n) is 1.22. The summed E-state index contributed by atoms with van der Waals surface area (Å²) < 4.78 is 24.3. The van der Waals surface area contributed by atoms with Crippen LogP contribution in [0.2, 0.25) is 5.02 Å². The Morgan fingerprint density at radius 3 is 2.73 bits per heavy atom. The molecule has 0 radical (unpaired) electrons. The number of halogens is 3. The second kappa shape index (κ2) is 4.94. The normalized spacial score (nSPS) is 10.1. The zero-order chi connectivity index (χ0) is 11.4. The monoisotopic (exact) mass is 230 g/mol. The van der Waals surface area contributed by atoms with E-state index in [9.17, 15) is 8.78 Å². The fraction of sp³-hybridized carbons (Fsp3) is 0.300. The van der Waals surface area contributed by atoms with Gasteiger partial charge in [-0.2, -0.15) is 5.26 Å². The van der Waals surface area contributed by atoms with E-state index in [2.05, 4.69) is 0 Å². The maximum Gasteiger partial charge on any atom is 0.255 e. The summed E-state index contributed by atoms with van der Waals surface area (Å²) in [5.41, 5.74) is 0.757. The fourth-order valence-corrected chi connectivity index (χ4v) is 1.39. The van der Waals surface area contributed by atoms with Crippen LogP contribution >= 0.6 is 11.6 Å². The molecule has 0 aliphatic heterocycles. The Morgan fingerprint density at radius 2 is 2.20 bits per heavy atom. The summed E-state index contributed by atoms with van der Waals surface area (Å²) in [5.74, 6) is 0. The molecule has 0 aromatic heterocycles. The lowest BCUT2D eigenvalue weighted by Gasteiger charge is -2.19. The lowest BCUT2D eigenvalue weighted by molar-refractivity contribution is 0.156. The van der Waals surface area contributed by atoms with Gasteiger partial charge in [0.2, 0.25) is 0 Å². The van der Waals surface area contributed by atoms with Crippen molar-refractivity contribution in [2.24, 2.45) is 0 Å². The summed E-state index contributed by atoms with van der Waals surface area (Å²) in [6.45, 7) is -0.422.